The van der Waals surface area contributed by atoms with Crippen molar-refractivity contribution in [2.24, 2.45) is 0 Å². The number of unbranched alkanes of at least 4 members (excludes halogenated alkanes) is 2. The van der Waals surface area contributed by atoms with Gasteiger partial charge in [-0.05, 0) is 12.8 Å². The van der Waals surface area contributed by atoms with Gasteiger partial charge in [-0.25, -0.2) is 9.59 Å². The molecular formula is C13H26N2O4. The molecule has 0 spiro atoms. The third-order valence-electron chi connectivity index (χ3n) is 2.60. The molecule has 0 aromatic carbocycles. The summed E-state index contributed by atoms with van der Waals surface area (Å²) in [5, 5.41) is 11.1. The second kappa shape index (κ2) is 11.8. The first-order chi connectivity index (χ1) is 9.11. The van der Waals surface area contributed by atoms with E-state index in [1.807, 2.05) is 4.90 Å². The molecule has 0 aliphatic carbocycles. The van der Waals surface area contributed by atoms with Crippen LogP contribution in [0.25, 0.3) is 0 Å². The smallest absolute Gasteiger partial charge is 0.329 e. The maximum Gasteiger partial charge on any atom is 0.329 e. The van der Waals surface area contributed by atoms with Crippen LogP contribution in [0, 0.1) is 0 Å². The fourth-order valence-corrected chi connectivity index (χ4v) is 1.51. The number of rotatable bonds is 11. The third kappa shape index (κ3) is 10.3. The largest absolute Gasteiger partial charge is 0.480 e. The maximum atomic E-state index is 11.9. The molecule has 0 heterocycles. The highest BCUT2D eigenvalue weighted by Crippen LogP contribution is 1.99. The van der Waals surface area contributed by atoms with Crippen molar-refractivity contribution in [1.82, 2.24) is 10.2 Å². The van der Waals surface area contributed by atoms with Gasteiger partial charge < -0.3 is 20.1 Å². The van der Waals surface area contributed by atoms with Gasteiger partial charge in [0.2, 0.25) is 0 Å². The van der Waals surface area contributed by atoms with Crippen LogP contribution in [0.15, 0.2) is 0 Å². The average Bonchev–Trinajstić information content (AvgIpc) is 2.38. The first-order valence-corrected chi connectivity index (χ1v) is 6.94. The van der Waals surface area contributed by atoms with Crippen molar-refractivity contribution in [2.75, 3.05) is 32.8 Å². The van der Waals surface area contributed by atoms with Gasteiger partial charge in [0.15, 0.2) is 0 Å². The molecule has 0 rings (SSSR count). The number of carbonyl (C=O) groups is 2. The van der Waals surface area contributed by atoms with Crippen molar-refractivity contribution in [2.45, 2.75) is 39.5 Å². The highest BCUT2D eigenvalue weighted by atomic mass is 16.5. The van der Waals surface area contributed by atoms with Crippen LogP contribution >= 0.6 is 0 Å². The molecular weight excluding hydrogens is 248 g/mol. The number of urea groups is 1. The quantitative estimate of drug-likeness (QED) is 0.562. The molecule has 0 radical (unpaired) electrons. The predicted molar refractivity (Wildman–Crippen MR) is 73.2 cm³/mol. The van der Waals surface area contributed by atoms with Crippen molar-refractivity contribution in [3.8, 4) is 0 Å². The molecule has 0 bridgehead atoms. The topological polar surface area (TPSA) is 78.9 Å². The molecule has 0 aliphatic heterocycles. The Balaban J connectivity index is 3.85. The lowest BCUT2D eigenvalue weighted by Gasteiger charge is -2.22. The van der Waals surface area contributed by atoms with Crippen LogP contribution in [0.4, 0.5) is 4.79 Å². The molecule has 0 saturated carbocycles. The Hall–Kier alpha value is -1.30. The van der Waals surface area contributed by atoms with Crippen molar-refractivity contribution < 1.29 is 19.4 Å². The standard InChI is InChI=1S/C13H26N2O4/c1-3-5-8-15(9-6-4-2)13(18)14-7-10-19-11-12(16)17/h3-11H2,1-2H3,(H,14,18)(H,16,17). The minimum atomic E-state index is -1.00. The summed E-state index contributed by atoms with van der Waals surface area (Å²) in [6.45, 7) is 5.93. The molecule has 6 heteroatoms. The minimum absolute atomic E-state index is 0.0965. The molecule has 0 saturated heterocycles. The molecule has 0 aromatic heterocycles. The van der Waals surface area contributed by atoms with Crippen LogP contribution in [0.2, 0.25) is 0 Å². The Morgan fingerprint density at radius 2 is 1.74 bits per heavy atom. The summed E-state index contributed by atoms with van der Waals surface area (Å²) in [5.74, 6) is -1.00. The molecule has 0 fully saturated rings. The highest BCUT2D eigenvalue weighted by molar-refractivity contribution is 5.74. The Morgan fingerprint density at radius 3 is 2.21 bits per heavy atom. The van der Waals surface area contributed by atoms with Crippen LogP contribution < -0.4 is 5.32 Å². The molecule has 0 atom stereocenters. The van der Waals surface area contributed by atoms with E-state index in [0.717, 1.165) is 38.8 Å². The van der Waals surface area contributed by atoms with Crippen molar-refractivity contribution in [3.05, 3.63) is 0 Å². The fourth-order valence-electron chi connectivity index (χ4n) is 1.51. The van der Waals surface area contributed by atoms with Gasteiger partial charge >= 0.3 is 12.0 Å². The summed E-state index contributed by atoms with van der Waals surface area (Å²) in [7, 11) is 0. The van der Waals surface area contributed by atoms with Gasteiger partial charge in [-0.15, -0.1) is 0 Å². The zero-order valence-electron chi connectivity index (χ0n) is 12.0. The van der Waals surface area contributed by atoms with Crippen molar-refractivity contribution in [3.63, 3.8) is 0 Å². The Kier molecular flexibility index (Phi) is 11.0. The predicted octanol–water partition coefficient (Wildman–Crippen LogP) is 1.70. The Labute approximate surface area is 115 Å². The van der Waals surface area contributed by atoms with Crippen LogP contribution in [0.5, 0.6) is 0 Å². The summed E-state index contributed by atoms with van der Waals surface area (Å²) in [4.78, 5) is 23.9. The molecule has 2 amide bonds. The SMILES string of the molecule is CCCCN(CCCC)C(=O)NCCOCC(=O)O. The fraction of sp³-hybridized carbons (Fsp3) is 0.846. The summed E-state index contributed by atoms with van der Waals surface area (Å²) in [6, 6.07) is -0.0965. The molecule has 0 aliphatic rings. The van der Waals surface area contributed by atoms with Gasteiger partial charge in [0.25, 0.3) is 0 Å². The van der Waals surface area contributed by atoms with E-state index in [1.54, 1.807) is 0 Å². The van der Waals surface area contributed by atoms with E-state index in [-0.39, 0.29) is 19.2 Å². The van der Waals surface area contributed by atoms with Crippen LogP contribution in [0.3, 0.4) is 0 Å². The average molecular weight is 274 g/mol. The van der Waals surface area contributed by atoms with Crippen LogP contribution in [0.1, 0.15) is 39.5 Å². The number of nitrogens with one attached hydrogen (secondary N) is 1. The zero-order chi connectivity index (χ0) is 14.5. The summed E-state index contributed by atoms with van der Waals surface area (Å²) in [6.07, 6.45) is 4.09. The molecule has 0 aromatic rings. The van der Waals surface area contributed by atoms with E-state index < -0.39 is 5.97 Å². The van der Waals surface area contributed by atoms with E-state index >= 15 is 0 Å². The number of carbonyl (C=O) groups excluding carboxylic acids is 1. The van der Waals surface area contributed by atoms with Crippen LogP contribution in [-0.4, -0.2) is 54.9 Å². The lowest BCUT2D eigenvalue weighted by atomic mass is 10.3. The lowest BCUT2D eigenvalue weighted by molar-refractivity contribution is -0.142. The molecule has 0 unspecified atom stereocenters. The number of hydrogen-bond acceptors (Lipinski definition) is 3. The Bertz CT molecular complexity index is 251. The third-order valence-corrected chi connectivity index (χ3v) is 2.60. The summed E-state index contributed by atoms with van der Waals surface area (Å²) in [5.41, 5.74) is 0. The van der Waals surface area contributed by atoms with E-state index in [4.69, 9.17) is 9.84 Å². The number of aliphatic carboxylic acids is 1. The van der Waals surface area contributed by atoms with Crippen LogP contribution in [-0.2, 0) is 9.53 Å². The first-order valence-electron chi connectivity index (χ1n) is 6.94. The second-order valence-electron chi connectivity index (χ2n) is 4.37. The zero-order valence-corrected chi connectivity index (χ0v) is 12.0. The normalized spacial score (nSPS) is 10.2. The van der Waals surface area contributed by atoms with E-state index in [9.17, 15) is 9.59 Å². The van der Waals surface area contributed by atoms with E-state index in [1.165, 1.54) is 0 Å². The number of carboxylic acid groups (broad SMARTS) is 1. The van der Waals surface area contributed by atoms with Crippen molar-refractivity contribution >= 4 is 12.0 Å². The summed E-state index contributed by atoms with van der Waals surface area (Å²) < 4.78 is 4.85. The Morgan fingerprint density at radius 1 is 1.16 bits per heavy atom. The van der Waals surface area contributed by atoms with Gasteiger partial charge in [0.05, 0.1) is 6.61 Å². The van der Waals surface area contributed by atoms with Gasteiger partial charge in [-0.1, -0.05) is 26.7 Å². The van der Waals surface area contributed by atoms with Gasteiger partial charge in [0.1, 0.15) is 6.61 Å². The number of carboxylic acids is 1. The van der Waals surface area contributed by atoms with Crippen molar-refractivity contribution in [1.29, 1.82) is 0 Å². The monoisotopic (exact) mass is 274 g/mol. The molecule has 19 heavy (non-hydrogen) atoms. The van der Waals surface area contributed by atoms with Gasteiger partial charge in [-0.2, -0.15) is 0 Å². The van der Waals surface area contributed by atoms with E-state index in [0.29, 0.717) is 6.54 Å². The maximum absolute atomic E-state index is 11.9. The van der Waals surface area contributed by atoms with Gasteiger partial charge in [-0.3, -0.25) is 0 Å². The van der Waals surface area contributed by atoms with E-state index in [2.05, 4.69) is 19.2 Å². The number of nitrogens with zero attached hydrogens (tertiary/aromatic N) is 1. The number of ether oxygens (including phenoxy) is 1. The second-order valence-corrected chi connectivity index (χ2v) is 4.37. The molecule has 112 valence electrons. The molecule has 6 nitrogen and oxygen atoms in total. The highest BCUT2D eigenvalue weighted by Gasteiger charge is 2.11. The minimum Gasteiger partial charge on any atom is -0.480 e. The number of amides is 2. The first kappa shape index (κ1) is 17.7. The summed E-state index contributed by atoms with van der Waals surface area (Å²) >= 11 is 0. The lowest BCUT2D eigenvalue weighted by Crippen LogP contribution is -2.42. The number of hydrogen-bond donors (Lipinski definition) is 2. The molecule has 2 N–H and O–H groups in total. The van der Waals surface area contributed by atoms with Gasteiger partial charge in [0, 0.05) is 19.6 Å².